The Balaban J connectivity index is 1.81. The lowest BCUT2D eigenvalue weighted by Gasteiger charge is -2.30. The number of fused-ring (bicyclic) bond motifs is 3. The van der Waals surface area contributed by atoms with Crippen LogP contribution in [0.15, 0.2) is 59.7 Å². The first-order valence-corrected chi connectivity index (χ1v) is 9.15. The molecule has 4 heteroatoms. The zero-order chi connectivity index (χ0) is 15.8. The van der Waals surface area contributed by atoms with Gasteiger partial charge in [-0.25, -0.2) is 5.01 Å². The van der Waals surface area contributed by atoms with Gasteiger partial charge < -0.3 is 0 Å². The molecule has 0 bridgehead atoms. The molecule has 0 amide bonds. The van der Waals surface area contributed by atoms with E-state index in [1.165, 1.54) is 28.5 Å². The fourth-order valence-corrected chi connectivity index (χ4v) is 4.05. The number of aryl methyl sites for hydroxylation is 1. The Morgan fingerprint density at radius 1 is 1.13 bits per heavy atom. The molecule has 4 rings (SSSR count). The number of hydrogen-bond donors (Lipinski definition) is 1. The van der Waals surface area contributed by atoms with Crippen LogP contribution in [-0.4, -0.2) is 22.1 Å². The quantitative estimate of drug-likeness (QED) is 0.628. The van der Waals surface area contributed by atoms with Crippen molar-refractivity contribution in [3.05, 3.63) is 71.3 Å². The Morgan fingerprint density at radius 2 is 1.87 bits per heavy atom. The van der Waals surface area contributed by atoms with E-state index in [-0.39, 0.29) is 6.04 Å². The second-order valence-corrected chi connectivity index (χ2v) is 6.79. The summed E-state index contributed by atoms with van der Waals surface area (Å²) in [6, 6.07) is 19.2. The molecule has 0 fully saturated rings. The van der Waals surface area contributed by atoms with Gasteiger partial charge in [-0.1, -0.05) is 66.4 Å². The van der Waals surface area contributed by atoms with E-state index >= 15 is 0 Å². The smallest absolute Gasteiger partial charge is 0.177 e. The molecular formula is C19H19N3S. The van der Waals surface area contributed by atoms with Gasteiger partial charge in [-0.3, -0.25) is 5.41 Å². The largest absolute Gasteiger partial charge is 0.277 e. The number of rotatable bonds is 1. The molecule has 0 unspecified atom stereocenters. The lowest BCUT2D eigenvalue weighted by molar-refractivity contribution is 0.311. The second-order valence-electron chi connectivity index (χ2n) is 6.00. The summed E-state index contributed by atoms with van der Waals surface area (Å²) in [5.41, 5.74) is 5.04. The van der Waals surface area contributed by atoms with Crippen LogP contribution in [0.5, 0.6) is 0 Å². The summed E-state index contributed by atoms with van der Waals surface area (Å²) in [6.45, 7) is 0. The summed E-state index contributed by atoms with van der Waals surface area (Å²) in [5, 5.41) is 15.6. The van der Waals surface area contributed by atoms with E-state index in [9.17, 15) is 0 Å². The van der Waals surface area contributed by atoms with Crippen LogP contribution in [0.25, 0.3) is 0 Å². The van der Waals surface area contributed by atoms with Gasteiger partial charge in [0.15, 0.2) is 5.17 Å². The number of nitrogens with one attached hydrogen (secondary N) is 1. The van der Waals surface area contributed by atoms with Gasteiger partial charge in [0, 0.05) is 11.5 Å². The summed E-state index contributed by atoms with van der Waals surface area (Å²) in [4.78, 5) is 0. The summed E-state index contributed by atoms with van der Waals surface area (Å²) in [6.07, 6.45) is 4.12. The van der Waals surface area contributed by atoms with Crippen molar-refractivity contribution in [3.63, 3.8) is 0 Å². The topological polar surface area (TPSA) is 39.5 Å². The van der Waals surface area contributed by atoms with Crippen molar-refractivity contribution in [2.75, 3.05) is 6.26 Å². The van der Waals surface area contributed by atoms with Crippen LogP contribution < -0.4 is 0 Å². The Labute approximate surface area is 140 Å². The first kappa shape index (κ1) is 14.5. The molecule has 23 heavy (non-hydrogen) atoms. The van der Waals surface area contributed by atoms with E-state index in [0.29, 0.717) is 11.1 Å². The van der Waals surface area contributed by atoms with Crippen LogP contribution in [0.3, 0.4) is 0 Å². The van der Waals surface area contributed by atoms with Crippen LogP contribution in [0.2, 0.25) is 0 Å². The summed E-state index contributed by atoms with van der Waals surface area (Å²) in [5.74, 6) is 0.361. The highest BCUT2D eigenvalue weighted by atomic mass is 32.2. The first-order chi connectivity index (χ1) is 11.3. The van der Waals surface area contributed by atoms with E-state index in [2.05, 4.69) is 48.5 Å². The minimum atomic E-state index is 0.138. The summed E-state index contributed by atoms with van der Waals surface area (Å²) >= 11 is 1.45. The summed E-state index contributed by atoms with van der Waals surface area (Å²) < 4.78 is 0. The molecule has 3 nitrogen and oxygen atoms in total. The zero-order valence-electron chi connectivity index (χ0n) is 13.1. The first-order valence-electron chi connectivity index (χ1n) is 7.93. The van der Waals surface area contributed by atoms with Crippen molar-refractivity contribution in [1.29, 1.82) is 5.41 Å². The van der Waals surface area contributed by atoms with Crippen molar-refractivity contribution in [2.24, 2.45) is 11.0 Å². The van der Waals surface area contributed by atoms with Crippen molar-refractivity contribution < 1.29 is 0 Å². The van der Waals surface area contributed by atoms with Gasteiger partial charge >= 0.3 is 0 Å². The predicted octanol–water partition coefficient (Wildman–Crippen LogP) is 4.31. The van der Waals surface area contributed by atoms with Gasteiger partial charge in [0.25, 0.3) is 0 Å². The molecule has 0 radical (unpaired) electrons. The molecule has 116 valence electrons. The number of nitrogens with zero attached hydrogens (tertiary/aromatic N) is 2. The maximum Gasteiger partial charge on any atom is 0.177 e. The SMILES string of the molecule is CSC(=N)N1N=C2c3ccccc3CC[C@@H]2[C@@H]1c1ccccc1. The fraction of sp³-hybridized carbons (Fsp3) is 0.263. The van der Waals surface area contributed by atoms with Gasteiger partial charge in [-0.05, 0) is 30.2 Å². The van der Waals surface area contributed by atoms with Gasteiger partial charge in [0.1, 0.15) is 0 Å². The van der Waals surface area contributed by atoms with Crippen LogP contribution in [0.1, 0.15) is 29.2 Å². The van der Waals surface area contributed by atoms with Gasteiger partial charge in [0.05, 0.1) is 11.8 Å². The third kappa shape index (κ3) is 2.38. The Kier molecular flexibility index (Phi) is 3.69. The fourth-order valence-electron chi connectivity index (χ4n) is 3.71. The molecule has 0 saturated carbocycles. The Hall–Kier alpha value is -2.07. The highest BCUT2D eigenvalue weighted by Gasteiger charge is 2.42. The van der Waals surface area contributed by atoms with Crippen LogP contribution >= 0.6 is 11.8 Å². The van der Waals surface area contributed by atoms with Gasteiger partial charge in [-0.2, -0.15) is 5.10 Å². The third-order valence-electron chi connectivity index (χ3n) is 4.77. The van der Waals surface area contributed by atoms with Crippen LogP contribution in [-0.2, 0) is 6.42 Å². The van der Waals surface area contributed by atoms with E-state index in [1.54, 1.807) is 0 Å². The normalized spacial score (nSPS) is 22.3. The van der Waals surface area contributed by atoms with Crippen molar-refractivity contribution >= 4 is 22.6 Å². The van der Waals surface area contributed by atoms with Crippen molar-refractivity contribution in [2.45, 2.75) is 18.9 Å². The molecule has 0 saturated heterocycles. The average molecular weight is 321 g/mol. The molecule has 1 N–H and O–H groups in total. The number of amidine groups is 1. The minimum absolute atomic E-state index is 0.138. The maximum absolute atomic E-state index is 8.33. The molecule has 1 heterocycles. The van der Waals surface area contributed by atoms with Crippen LogP contribution in [0, 0.1) is 11.3 Å². The lowest BCUT2D eigenvalue weighted by Crippen LogP contribution is -2.30. The Morgan fingerprint density at radius 3 is 2.65 bits per heavy atom. The summed E-state index contributed by atoms with van der Waals surface area (Å²) in [7, 11) is 0. The van der Waals surface area contributed by atoms with E-state index < -0.39 is 0 Å². The number of hydrogen-bond acceptors (Lipinski definition) is 3. The number of benzene rings is 2. The number of hydrazone groups is 1. The number of thioether (sulfide) groups is 1. The molecular weight excluding hydrogens is 302 g/mol. The van der Waals surface area contributed by atoms with E-state index in [0.717, 1.165) is 18.6 Å². The molecule has 2 aromatic carbocycles. The van der Waals surface area contributed by atoms with E-state index in [1.807, 2.05) is 17.3 Å². The Bertz CT molecular complexity index is 769. The molecule has 2 atom stereocenters. The zero-order valence-corrected chi connectivity index (χ0v) is 13.9. The minimum Gasteiger partial charge on any atom is -0.277 e. The monoisotopic (exact) mass is 321 g/mol. The molecule has 0 aromatic heterocycles. The highest BCUT2D eigenvalue weighted by molar-refractivity contribution is 8.13. The average Bonchev–Trinajstić information content (AvgIpc) is 3.01. The predicted molar refractivity (Wildman–Crippen MR) is 97.1 cm³/mol. The van der Waals surface area contributed by atoms with E-state index in [4.69, 9.17) is 10.5 Å². The van der Waals surface area contributed by atoms with Crippen LogP contribution in [0.4, 0.5) is 0 Å². The van der Waals surface area contributed by atoms with Gasteiger partial charge in [-0.15, -0.1) is 0 Å². The standard InChI is InChI=1S/C19H19N3S/c1-23-19(20)22-18(14-8-3-2-4-9-14)16-12-11-13-7-5-6-10-15(13)17(16)21-22/h2-10,16,18,20H,11-12H2,1H3/t16-,18-/m0/s1. The molecule has 2 aliphatic rings. The van der Waals surface area contributed by atoms with Crippen molar-refractivity contribution in [1.82, 2.24) is 5.01 Å². The maximum atomic E-state index is 8.33. The van der Waals surface area contributed by atoms with Gasteiger partial charge in [0.2, 0.25) is 0 Å². The molecule has 1 aliphatic heterocycles. The molecule has 1 aliphatic carbocycles. The second kappa shape index (κ2) is 5.85. The molecule has 2 aromatic rings. The molecule has 0 spiro atoms. The highest BCUT2D eigenvalue weighted by Crippen LogP contribution is 2.43. The van der Waals surface area contributed by atoms with Crippen molar-refractivity contribution in [3.8, 4) is 0 Å². The lowest BCUT2D eigenvalue weighted by atomic mass is 9.77. The third-order valence-corrected chi connectivity index (χ3v) is 5.35.